The number of nitrogens with zero attached hydrogens (tertiary/aromatic N) is 3. The van der Waals surface area contributed by atoms with Crippen molar-refractivity contribution < 1.29 is 4.39 Å². The molecule has 1 aliphatic carbocycles. The molecule has 2 N–H and O–H groups in total. The van der Waals surface area contributed by atoms with Gasteiger partial charge >= 0.3 is 0 Å². The number of benzene rings is 1. The van der Waals surface area contributed by atoms with Crippen LogP contribution in [0.2, 0.25) is 5.02 Å². The van der Waals surface area contributed by atoms with Crippen molar-refractivity contribution >= 4 is 23.4 Å². The maximum atomic E-state index is 13.8. The highest BCUT2D eigenvalue weighted by atomic mass is 35.5. The monoisotopic (exact) mass is 340 g/mol. The van der Waals surface area contributed by atoms with Crippen molar-refractivity contribution in [3.63, 3.8) is 0 Å². The second-order valence-corrected chi connectivity index (χ2v) is 6.88. The molecule has 118 valence electrons. The van der Waals surface area contributed by atoms with E-state index in [2.05, 4.69) is 10.2 Å². The third kappa shape index (κ3) is 3.22. The number of halogens is 2. The van der Waals surface area contributed by atoms with Crippen molar-refractivity contribution in [1.29, 1.82) is 0 Å². The predicted octanol–water partition coefficient (Wildman–Crippen LogP) is 4.12. The predicted molar refractivity (Wildman–Crippen MR) is 87.0 cm³/mol. The van der Waals surface area contributed by atoms with Gasteiger partial charge in [-0.25, -0.2) is 9.07 Å². The third-order valence-electron chi connectivity index (χ3n) is 4.07. The van der Waals surface area contributed by atoms with Gasteiger partial charge in [0.2, 0.25) is 5.16 Å². The lowest BCUT2D eigenvalue weighted by atomic mass is 9.89. The van der Waals surface area contributed by atoms with Crippen molar-refractivity contribution in [1.82, 2.24) is 14.9 Å². The fourth-order valence-electron chi connectivity index (χ4n) is 2.83. The molecule has 0 saturated heterocycles. The number of rotatable bonds is 4. The van der Waals surface area contributed by atoms with Crippen molar-refractivity contribution in [3.05, 3.63) is 40.4 Å². The molecule has 0 atom stereocenters. The molecule has 7 heteroatoms. The number of hydrogen-bond acceptors (Lipinski definition) is 4. The van der Waals surface area contributed by atoms with E-state index in [4.69, 9.17) is 17.4 Å². The molecule has 0 spiro atoms. The smallest absolute Gasteiger partial charge is 0.210 e. The van der Waals surface area contributed by atoms with E-state index >= 15 is 0 Å². The Balaban J connectivity index is 1.72. The summed E-state index contributed by atoms with van der Waals surface area (Å²) in [7, 11) is 0. The summed E-state index contributed by atoms with van der Waals surface area (Å²) in [5.74, 6) is 7.41. The first-order valence-electron chi connectivity index (χ1n) is 7.43. The van der Waals surface area contributed by atoms with Crippen molar-refractivity contribution in [2.24, 2.45) is 0 Å². The van der Waals surface area contributed by atoms with Gasteiger partial charge in [-0.2, -0.15) is 0 Å². The Hall–Kier alpha value is -1.27. The van der Waals surface area contributed by atoms with Crippen LogP contribution in [0.25, 0.3) is 0 Å². The summed E-state index contributed by atoms with van der Waals surface area (Å²) in [6, 6.07) is 4.68. The molecule has 1 heterocycles. The number of nitrogens with two attached hydrogens (primary N) is 1. The first-order chi connectivity index (χ1) is 10.7. The Morgan fingerprint density at radius 3 is 2.77 bits per heavy atom. The molecule has 3 rings (SSSR count). The van der Waals surface area contributed by atoms with Gasteiger partial charge in [0.25, 0.3) is 0 Å². The van der Waals surface area contributed by atoms with Crippen LogP contribution in [-0.4, -0.2) is 14.9 Å². The van der Waals surface area contributed by atoms with Crippen molar-refractivity contribution in [2.75, 3.05) is 5.84 Å². The van der Waals surface area contributed by atoms with Gasteiger partial charge in [0.1, 0.15) is 5.82 Å². The van der Waals surface area contributed by atoms with Crippen LogP contribution in [0.15, 0.2) is 23.4 Å². The summed E-state index contributed by atoms with van der Waals surface area (Å²) in [5, 5.41) is 9.40. The molecule has 1 aromatic carbocycles. The minimum atomic E-state index is -0.310. The van der Waals surface area contributed by atoms with E-state index < -0.39 is 0 Å². The van der Waals surface area contributed by atoms with Crippen LogP contribution in [0.3, 0.4) is 0 Å². The van der Waals surface area contributed by atoms with E-state index in [0.717, 1.165) is 18.7 Å². The molecule has 0 radical (unpaired) electrons. The summed E-state index contributed by atoms with van der Waals surface area (Å²) >= 11 is 7.39. The average Bonchev–Trinajstić information content (AvgIpc) is 2.89. The molecular formula is C15H18ClFN4S. The van der Waals surface area contributed by atoms with E-state index in [9.17, 15) is 4.39 Å². The maximum absolute atomic E-state index is 13.8. The molecule has 22 heavy (non-hydrogen) atoms. The number of thioether (sulfide) groups is 1. The highest BCUT2D eigenvalue weighted by Crippen LogP contribution is 2.33. The standard InChI is InChI=1S/C15H18ClFN4S/c16-12-7-4-8-13(17)11(12)9-22-15-20-19-14(21(15)18)10-5-2-1-3-6-10/h4,7-8,10H,1-3,5-6,9,18H2. The zero-order chi connectivity index (χ0) is 15.5. The summed E-state index contributed by atoms with van der Waals surface area (Å²) in [5.41, 5.74) is 0.469. The lowest BCUT2D eigenvalue weighted by Crippen LogP contribution is -2.18. The van der Waals surface area contributed by atoms with Crippen LogP contribution < -0.4 is 5.84 Å². The maximum Gasteiger partial charge on any atom is 0.210 e. The molecule has 0 unspecified atom stereocenters. The van der Waals surface area contributed by atoms with Gasteiger partial charge in [0, 0.05) is 22.3 Å². The second-order valence-electron chi connectivity index (χ2n) is 5.53. The zero-order valence-corrected chi connectivity index (χ0v) is 13.7. The van der Waals surface area contributed by atoms with E-state index in [1.54, 1.807) is 16.8 Å². The Labute approximate surface area is 138 Å². The Kier molecular flexibility index (Phi) is 4.88. The molecule has 0 bridgehead atoms. The highest BCUT2D eigenvalue weighted by Gasteiger charge is 2.22. The van der Waals surface area contributed by atoms with E-state index in [-0.39, 0.29) is 5.82 Å². The average molecular weight is 341 g/mol. The second kappa shape index (κ2) is 6.87. The molecule has 0 aliphatic heterocycles. The van der Waals surface area contributed by atoms with Crippen LogP contribution in [-0.2, 0) is 5.75 Å². The van der Waals surface area contributed by atoms with Crippen molar-refractivity contribution in [3.8, 4) is 0 Å². The number of hydrogen-bond donors (Lipinski definition) is 1. The van der Waals surface area contributed by atoms with Crippen LogP contribution in [0.4, 0.5) is 4.39 Å². The Morgan fingerprint density at radius 1 is 1.27 bits per heavy atom. The van der Waals surface area contributed by atoms with Gasteiger partial charge in [-0.05, 0) is 25.0 Å². The van der Waals surface area contributed by atoms with Crippen molar-refractivity contribution in [2.45, 2.75) is 48.9 Å². The largest absolute Gasteiger partial charge is 0.336 e. The summed E-state index contributed by atoms with van der Waals surface area (Å²) in [6.45, 7) is 0. The van der Waals surface area contributed by atoms with Gasteiger partial charge in [0.05, 0.1) is 0 Å². The first kappa shape index (κ1) is 15.6. The molecule has 1 aliphatic rings. The van der Waals surface area contributed by atoms with E-state index in [1.807, 2.05) is 0 Å². The van der Waals surface area contributed by atoms with Crippen LogP contribution in [0, 0.1) is 5.82 Å². The quantitative estimate of drug-likeness (QED) is 0.671. The lowest BCUT2D eigenvalue weighted by molar-refractivity contribution is 0.421. The molecule has 1 aromatic heterocycles. The molecule has 2 aromatic rings. The fraction of sp³-hybridized carbons (Fsp3) is 0.467. The summed E-state index contributed by atoms with van der Waals surface area (Å²) in [6.07, 6.45) is 5.93. The minimum absolute atomic E-state index is 0.310. The van der Waals surface area contributed by atoms with Gasteiger partial charge in [-0.15, -0.1) is 10.2 Å². The van der Waals surface area contributed by atoms with E-state index in [1.165, 1.54) is 37.1 Å². The lowest BCUT2D eigenvalue weighted by Gasteiger charge is -2.20. The highest BCUT2D eigenvalue weighted by molar-refractivity contribution is 7.98. The first-order valence-corrected chi connectivity index (χ1v) is 8.79. The summed E-state index contributed by atoms with van der Waals surface area (Å²) < 4.78 is 15.3. The molecule has 1 saturated carbocycles. The minimum Gasteiger partial charge on any atom is -0.336 e. The number of aromatic nitrogens is 3. The van der Waals surface area contributed by atoms with Crippen LogP contribution in [0.5, 0.6) is 0 Å². The van der Waals surface area contributed by atoms with Crippen LogP contribution >= 0.6 is 23.4 Å². The fourth-order valence-corrected chi connectivity index (χ4v) is 4.04. The topological polar surface area (TPSA) is 56.7 Å². The molecule has 4 nitrogen and oxygen atoms in total. The SMILES string of the molecule is Nn1c(SCc2c(F)cccc2Cl)nnc1C1CCCCC1. The van der Waals surface area contributed by atoms with Gasteiger partial charge in [0.15, 0.2) is 5.82 Å². The molecule has 0 amide bonds. The normalized spacial score (nSPS) is 16.1. The number of nitrogen functional groups attached to an aromatic ring is 1. The summed E-state index contributed by atoms with van der Waals surface area (Å²) in [4.78, 5) is 0. The van der Waals surface area contributed by atoms with Gasteiger partial charge < -0.3 is 5.84 Å². The van der Waals surface area contributed by atoms with Crippen LogP contribution in [0.1, 0.15) is 49.4 Å². The molecular weight excluding hydrogens is 323 g/mol. The Bertz CT molecular complexity index is 635. The van der Waals surface area contributed by atoms with Gasteiger partial charge in [-0.1, -0.05) is 48.7 Å². The Morgan fingerprint density at radius 2 is 2.05 bits per heavy atom. The van der Waals surface area contributed by atoms with Gasteiger partial charge in [-0.3, -0.25) is 0 Å². The third-order valence-corrected chi connectivity index (χ3v) is 5.39. The van der Waals surface area contributed by atoms with E-state index in [0.29, 0.717) is 27.4 Å². The molecule has 1 fully saturated rings. The zero-order valence-electron chi connectivity index (χ0n) is 12.1.